The van der Waals surface area contributed by atoms with Crippen molar-refractivity contribution in [1.82, 2.24) is 0 Å². The van der Waals surface area contributed by atoms with E-state index in [1.165, 1.54) is 64.9 Å². The zero-order valence-corrected chi connectivity index (χ0v) is 37.8. The summed E-state index contributed by atoms with van der Waals surface area (Å²) in [6.07, 6.45) is 16.5. The smallest absolute Gasteiger partial charge is 0.311 e. The Morgan fingerprint density at radius 1 is 0.650 bits per heavy atom. The van der Waals surface area contributed by atoms with Gasteiger partial charge < -0.3 is 23.7 Å². The molecule has 0 N–H and O–H groups in total. The van der Waals surface area contributed by atoms with Gasteiger partial charge in [-0.2, -0.15) is 0 Å². The van der Waals surface area contributed by atoms with Crippen LogP contribution in [0, 0.1) is 38.5 Å². The lowest BCUT2D eigenvalue weighted by Crippen LogP contribution is -2.37. The van der Waals surface area contributed by atoms with Gasteiger partial charge in [0.05, 0.1) is 12.8 Å². The first kappa shape index (κ1) is 47.8. The highest BCUT2D eigenvalue weighted by Crippen LogP contribution is 2.45. The third kappa shape index (κ3) is 15.3. The molecule has 1 aliphatic heterocycles. The van der Waals surface area contributed by atoms with Gasteiger partial charge in [0, 0.05) is 25.5 Å². The van der Waals surface area contributed by atoms with Crippen LogP contribution in [0.15, 0.2) is 42.5 Å². The van der Waals surface area contributed by atoms with Crippen LogP contribution in [0.1, 0.15) is 159 Å². The molecule has 60 heavy (non-hydrogen) atoms. The van der Waals surface area contributed by atoms with Crippen LogP contribution in [-0.2, 0) is 25.6 Å². The molecule has 1 aliphatic rings. The molecule has 0 saturated carbocycles. The minimum absolute atomic E-state index is 0.124. The molecule has 3 atom stereocenters. The fourth-order valence-electron chi connectivity index (χ4n) is 7.94. The van der Waals surface area contributed by atoms with Crippen LogP contribution < -0.4 is 23.7 Å². The third-order valence-electron chi connectivity index (χ3n) is 11.6. The second kappa shape index (κ2) is 22.6. The number of hydrogen-bond acceptors (Lipinski definition) is 9. The van der Waals surface area contributed by atoms with Gasteiger partial charge in [-0.05, 0) is 123 Å². The van der Waals surface area contributed by atoms with Gasteiger partial charge in [-0.15, -0.1) is 0 Å². The predicted octanol–water partition coefficient (Wildman–Crippen LogP) is 12.4. The van der Waals surface area contributed by atoms with Crippen molar-refractivity contribution >= 4 is 36.0 Å². The zero-order chi connectivity index (χ0) is 44.0. The minimum atomic E-state index is -0.546. The molecule has 3 aromatic rings. The van der Waals surface area contributed by atoms with E-state index in [2.05, 4.69) is 34.6 Å². The molecule has 0 amide bonds. The maximum atomic E-state index is 13.1. The summed E-state index contributed by atoms with van der Waals surface area (Å²) in [4.78, 5) is 48.7. The van der Waals surface area contributed by atoms with Crippen LogP contribution in [0.5, 0.6) is 28.7 Å². The monoisotopic (exact) mass is 824 g/mol. The summed E-state index contributed by atoms with van der Waals surface area (Å²) in [6.45, 7) is 20.2. The van der Waals surface area contributed by atoms with Crippen molar-refractivity contribution in [3.63, 3.8) is 0 Å². The van der Waals surface area contributed by atoms with Crippen LogP contribution >= 0.6 is 0 Å². The van der Waals surface area contributed by atoms with Crippen molar-refractivity contribution in [3.05, 3.63) is 75.8 Å². The van der Waals surface area contributed by atoms with Crippen molar-refractivity contribution in [2.24, 2.45) is 17.8 Å². The molecule has 3 unspecified atom stereocenters. The van der Waals surface area contributed by atoms with Gasteiger partial charge >= 0.3 is 23.9 Å². The van der Waals surface area contributed by atoms with Crippen molar-refractivity contribution in [2.75, 3.05) is 0 Å². The fourth-order valence-corrected chi connectivity index (χ4v) is 7.94. The zero-order valence-electron chi connectivity index (χ0n) is 37.8. The Hall–Kier alpha value is -4.92. The Balaban J connectivity index is 1.24. The third-order valence-corrected chi connectivity index (χ3v) is 11.6. The number of rotatable bonds is 21. The molecule has 1 heterocycles. The van der Waals surface area contributed by atoms with Crippen LogP contribution in [0.3, 0.4) is 0 Å². The predicted molar refractivity (Wildman–Crippen MR) is 238 cm³/mol. The summed E-state index contributed by atoms with van der Waals surface area (Å²) in [5, 5.41) is 0. The van der Waals surface area contributed by atoms with Crippen molar-refractivity contribution in [1.29, 1.82) is 0 Å². The molecule has 326 valence electrons. The maximum Gasteiger partial charge on any atom is 0.311 e. The van der Waals surface area contributed by atoms with Crippen molar-refractivity contribution in [2.45, 2.75) is 158 Å². The molecule has 0 spiro atoms. The standard InChI is InChI=1S/C51H68O9/c1-33(2)14-11-15-34(3)16-12-17-35(4)18-13-28-51(10)29-27-46-38(7)49(36(5)37(6)50(46)60-51)59-48(55)26-25-47(54)58-43-23-21-41(22-24-43)19-20-42-30-44(56-39(8)52)32-45(31-42)57-40(9)53/h19-24,30-35H,11-18,25-29H2,1-10H3/b20-19+. The average molecular weight is 825 g/mol. The Bertz CT molecular complexity index is 1940. The summed E-state index contributed by atoms with van der Waals surface area (Å²) in [5.74, 6) is 2.61. The molecule has 0 radical (unpaired) electrons. The number of esters is 4. The van der Waals surface area contributed by atoms with Gasteiger partial charge in [-0.3, -0.25) is 19.2 Å². The van der Waals surface area contributed by atoms with E-state index in [0.717, 1.165) is 77.0 Å². The van der Waals surface area contributed by atoms with Gasteiger partial charge in [0.25, 0.3) is 0 Å². The van der Waals surface area contributed by atoms with Gasteiger partial charge in [-0.1, -0.05) is 96.9 Å². The normalized spacial score (nSPS) is 15.8. The summed E-state index contributed by atoms with van der Waals surface area (Å²) in [6, 6.07) is 11.6. The quantitative estimate of drug-likeness (QED) is 0.0588. The van der Waals surface area contributed by atoms with Gasteiger partial charge in [0.15, 0.2) is 0 Å². The van der Waals surface area contributed by atoms with E-state index in [9.17, 15) is 19.2 Å². The Labute approximate surface area is 358 Å². The molecule has 4 rings (SSSR count). The second-order valence-corrected chi connectivity index (χ2v) is 17.7. The summed E-state index contributed by atoms with van der Waals surface area (Å²) in [7, 11) is 0. The molecular formula is C51H68O9. The summed E-state index contributed by atoms with van der Waals surface area (Å²) < 4.78 is 28.6. The Kier molecular flexibility index (Phi) is 18.0. The van der Waals surface area contributed by atoms with Crippen LogP contribution in [0.4, 0.5) is 0 Å². The topological polar surface area (TPSA) is 114 Å². The first-order valence-electron chi connectivity index (χ1n) is 21.9. The molecule has 0 aromatic heterocycles. The lowest BCUT2D eigenvalue weighted by Gasteiger charge is -2.38. The van der Waals surface area contributed by atoms with Crippen molar-refractivity contribution < 1.29 is 42.9 Å². The first-order valence-corrected chi connectivity index (χ1v) is 21.9. The van der Waals surface area contributed by atoms with Gasteiger partial charge in [-0.25, -0.2) is 0 Å². The van der Waals surface area contributed by atoms with E-state index in [0.29, 0.717) is 17.1 Å². The highest BCUT2D eigenvalue weighted by Gasteiger charge is 2.35. The second-order valence-electron chi connectivity index (χ2n) is 17.7. The fraction of sp³-hybridized carbons (Fsp3) is 0.529. The number of carbonyl (C=O) groups is 4. The molecular weight excluding hydrogens is 757 g/mol. The minimum Gasteiger partial charge on any atom is -0.487 e. The highest BCUT2D eigenvalue weighted by atomic mass is 16.6. The molecule has 9 nitrogen and oxygen atoms in total. The Morgan fingerprint density at radius 3 is 1.75 bits per heavy atom. The summed E-state index contributed by atoms with van der Waals surface area (Å²) >= 11 is 0. The molecule has 0 bridgehead atoms. The molecule has 0 fully saturated rings. The average Bonchev–Trinajstić information content (AvgIpc) is 3.17. The summed E-state index contributed by atoms with van der Waals surface area (Å²) in [5.41, 5.74) is 5.08. The number of fused-ring (bicyclic) bond motifs is 1. The number of benzene rings is 3. The molecule has 9 heteroatoms. The van der Waals surface area contributed by atoms with Gasteiger partial charge in [0.1, 0.15) is 34.3 Å². The van der Waals surface area contributed by atoms with E-state index in [4.69, 9.17) is 23.7 Å². The largest absolute Gasteiger partial charge is 0.487 e. The van der Waals surface area contributed by atoms with E-state index in [1.54, 1.807) is 42.5 Å². The SMILES string of the molecule is CC(=O)Oc1cc(/C=C/c2ccc(OC(=O)CCC(=O)Oc3c(C)c(C)c4c(c3C)CCC(C)(CCCC(C)CCCC(C)CCCC(C)C)O4)cc2)cc(OC(C)=O)c1. The maximum absolute atomic E-state index is 13.1. The number of hydrogen-bond donors (Lipinski definition) is 0. The lowest BCUT2D eigenvalue weighted by atomic mass is 9.83. The van der Waals surface area contributed by atoms with Crippen LogP contribution in [0.25, 0.3) is 12.2 Å². The van der Waals surface area contributed by atoms with Crippen LogP contribution in [-0.4, -0.2) is 29.5 Å². The van der Waals surface area contributed by atoms with E-state index in [-0.39, 0.29) is 29.9 Å². The Morgan fingerprint density at radius 2 is 1.18 bits per heavy atom. The lowest BCUT2D eigenvalue weighted by molar-refractivity contribution is -0.140. The highest BCUT2D eigenvalue weighted by molar-refractivity contribution is 5.81. The first-order chi connectivity index (χ1) is 28.4. The van der Waals surface area contributed by atoms with E-state index < -0.39 is 23.9 Å². The number of carbonyl (C=O) groups excluding carboxylic acids is 4. The van der Waals surface area contributed by atoms with Crippen LogP contribution in [0.2, 0.25) is 0 Å². The molecule has 0 saturated heterocycles. The van der Waals surface area contributed by atoms with E-state index in [1.807, 2.05) is 26.8 Å². The van der Waals surface area contributed by atoms with Crippen molar-refractivity contribution in [3.8, 4) is 28.7 Å². The van der Waals surface area contributed by atoms with E-state index >= 15 is 0 Å². The molecule has 3 aromatic carbocycles. The van der Waals surface area contributed by atoms with Gasteiger partial charge in [0.2, 0.25) is 0 Å². The molecule has 0 aliphatic carbocycles. The number of ether oxygens (including phenoxy) is 5.